The first-order chi connectivity index (χ1) is 14.7. The minimum atomic E-state index is -0.890. The van der Waals surface area contributed by atoms with Crippen molar-refractivity contribution in [2.24, 2.45) is 5.92 Å². The van der Waals surface area contributed by atoms with E-state index in [-0.39, 0.29) is 35.3 Å². The fourth-order valence-electron chi connectivity index (χ4n) is 4.31. The fraction of sp³-hybridized carbons (Fsp3) is 0.409. The van der Waals surface area contributed by atoms with Crippen LogP contribution in [-0.4, -0.2) is 46.1 Å². The number of nitrogens with zero attached hydrogens (tertiary/aromatic N) is 3. The molecule has 0 bridgehead atoms. The van der Waals surface area contributed by atoms with E-state index in [0.717, 1.165) is 12.8 Å². The molecule has 2 aliphatic heterocycles. The number of aryl methyl sites for hydroxylation is 1. The summed E-state index contributed by atoms with van der Waals surface area (Å²) in [6.07, 6.45) is 2.69. The second-order valence-electron chi connectivity index (χ2n) is 8.26. The zero-order valence-electron chi connectivity index (χ0n) is 17.3. The van der Waals surface area contributed by atoms with Gasteiger partial charge in [0, 0.05) is 31.2 Å². The van der Waals surface area contributed by atoms with Crippen molar-refractivity contribution in [3.05, 3.63) is 62.3 Å². The summed E-state index contributed by atoms with van der Waals surface area (Å²) in [5.41, 5.74) is -0.940. The molecule has 1 saturated heterocycles. The van der Waals surface area contributed by atoms with Crippen LogP contribution in [-0.2, 0) is 6.42 Å². The van der Waals surface area contributed by atoms with Crippen LogP contribution in [0.15, 0.2) is 29.2 Å². The SMILES string of the molecule is C[C@H]1CCN2[C@@H](C1)N(C)C(=O)c1c(O)c(=O)c(C(=O)CCc3ccc(Cl)cc3F)cn12. The van der Waals surface area contributed by atoms with Crippen LogP contribution in [0.4, 0.5) is 4.39 Å². The average molecular weight is 448 g/mol. The van der Waals surface area contributed by atoms with Gasteiger partial charge >= 0.3 is 0 Å². The lowest BCUT2D eigenvalue weighted by atomic mass is 9.95. The van der Waals surface area contributed by atoms with Gasteiger partial charge in [-0.1, -0.05) is 24.6 Å². The predicted molar refractivity (Wildman–Crippen MR) is 114 cm³/mol. The summed E-state index contributed by atoms with van der Waals surface area (Å²) in [5, 5.41) is 12.7. The number of benzene rings is 1. The monoisotopic (exact) mass is 447 g/mol. The van der Waals surface area contributed by atoms with Crippen LogP contribution in [0.25, 0.3) is 0 Å². The van der Waals surface area contributed by atoms with Crippen LogP contribution < -0.4 is 10.4 Å². The zero-order valence-corrected chi connectivity index (χ0v) is 18.0. The van der Waals surface area contributed by atoms with Crippen molar-refractivity contribution < 1.29 is 19.1 Å². The van der Waals surface area contributed by atoms with Gasteiger partial charge in [0.25, 0.3) is 5.91 Å². The highest BCUT2D eigenvalue weighted by Gasteiger charge is 2.41. The highest BCUT2D eigenvalue weighted by atomic mass is 35.5. The second kappa shape index (κ2) is 8.00. The number of rotatable bonds is 4. The Hall–Kier alpha value is -2.87. The van der Waals surface area contributed by atoms with Crippen molar-refractivity contribution in [2.75, 3.05) is 18.6 Å². The number of aromatic nitrogens is 1. The number of halogens is 2. The Morgan fingerprint density at radius 2 is 2.06 bits per heavy atom. The minimum absolute atomic E-state index is 0.0787. The minimum Gasteiger partial charge on any atom is -0.502 e. The molecule has 0 aliphatic carbocycles. The highest BCUT2D eigenvalue weighted by Crippen LogP contribution is 2.31. The molecule has 2 aliphatic rings. The van der Waals surface area contributed by atoms with Gasteiger partial charge in [0.2, 0.25) is 5.43 Å². The van der Waals surface area contributed by atoms with E-state index in [2.05, 4.69) is 6.92 Å². The molecule has 1 aromatic heterocycles. The molecule has 2 atom stereocenters. The summed E-state index contributed by atoms with van der Waals surface area (Å²) in [4.78, 5) is 39.9. The van der Waals surface area contributed by atoms with Crippen LogP contribution in [0.3, 0.4) is 0 Å². The third-order valence-electron chi connectivity index (χ3n) is 6.16. The van der Waals surface area contributed by atoms with Crippen molar-refractivity contribution in [3.8, 4) is 5.75 Å². The number of carbonyl (C=O) groups excluding carboxylic acids is 2. The number of aromatic hydroxyl groups is 1. The lowest BCUT2D eigenvalue weighted by Gasteiger charge is -2.49. The number of Topliss-reactive ketones (excluding diaryl/α,β-unsaturated/α-hetero) is 1. The Morgan fingerprint density at radius 1 is 1.32 bits per heavy atom. The molecule has 4 rings (SSSR count). The van der Waals surface area contributed by atoms with Crippen molar-refractivity contribution in [1.82, 2.24) is 9.58 Å². The number of carbonyl (C=O) groups is 2. The molecule has 164 valence electrons. The maximum absolute atomic E-state index is 14.0. The van der Waals surface area contributed by atoms with Crippen LogP contribution >= 0.6 is 11.6 Å². The molecule has 0 saturated carbocycles. The summed E-state index contributed by atoms with van der Waals surface area (Å²) >= 11 is 5.75. The molecule has 1 amide bonds. The van der Waals surface area contributed by atoms with Crippen LogP contribution in [0, 0.1) is 11.7 Å². The Balaban J connectivity index is 1.68. The average Bonchev–Trinajstić information content (AvgIpc) is 2.73. The first-order valence-electron chi connectivity index (χ1n) is 10.2. The van der Waals surface area contributed by atoms with E-state index in [1.165, 1.54) is 34.0 Å². The Kier molecular flexibility index (Phi) is 5.51. The second-order valence-corrected chi connectivity index (χ2v) is 8.70. The normalized spacial score (nSPS) is 20.5. The van der Waals surface area contributed by atoms with E-state index in [4.69, 9.17) is 11.6 Å². The van der Waals surface area contributed by atoms with Crippen molar-refractivity contribution >= 4 is 23.3 Å². The van der Waals surface area contributed by atoms with Crippen molar-refractivity contribution in [3.63, 3.8) is 0 Å². The van der Waals surface area contributed by atoms with Gasteiger partial charge < -0.3 is 10.0 Å². The molecule has 7 nitrogen and oxygen atoms in total. The summed E-state index contributed by atoms with van der Waals surface area (Å²) in [7, 11) is 1.64. The van der Waals surface area contributed by atoms with Gasteiger partial charge in [-0.15, -0.1) is 0 Å². The molecule has 0 radical (unpaired) electrons. The van der Waals surface area contributed by atoms with Gasteiger partial charge in [0.1, 0.15) is 12.0 Å². The third kappa shape index (κ3) is 3.69. The molecule has 1 fully saturated rings. The molecule has 2 aromatic rings. The molecular weight excluding hydrogens is 425 g/mol. The fourth-order valence-corrected chi connectivity index (χ4v) is 4.47. The summed E-state index contributed by atoms with van der Waals surface area (Å²) in [6.45, 7) is 2.72. The summed E-state index contributed by atoms with van der Waals surface area (Å²) in [5.74, 6) is -1.84. The van der Waals surface area contributed by atoms with Crippen LogP contribution in [0.5, 0.6) is 5.75 Å². The topological polar surface area (TPSA) is 82.8 Å². The van der Waals surface area contributed by atoms with E-state index in [0.29, 0.717) is 18.0 Å². The Morgan fingerprint density at radius 3 is 2.77 bits per heavy atom. The third-order valence-corrected chi connectivity index (χ3v) is 6.39. The lowest BCUT2D eigenvalue weighted by Crippen LogP contribution is -2.62. The van der Waals surface area contributed by atoms with Gasteiger partial charge in [-0.25, -0.2) is 4.39 Å². The number of piperidine rings is 1. The maximum atomic E-state index is 14.0. The number of hydrogen-bond donors (Lipinski definition) is 1. The van der Waals surface area contributed by atoms with E-state index in [9.17, 15) is 23.9 Å². The Bertz CT molecular complexity index is 1130. The lowest BCUT2D eigenvalue weighted by molar-refractivity contribution is 0.0557. The molecular formula is C22H23ClFN3O4. The van der Waals surface area contributed by atoms with Crippen LogP contribution in [0.1, 0.15) is 52.6 Å². The number of amides is 1. The van der Waals surface area contributed by atoms with E-state index >= 15 is 0 Å². The summed E-state index contributed by atoms with van der Waals surface area (Å²) < 4.78 is 15.5. The van der Waals surface area contributed by atoms with Crippen molar-refractivity contribution in [1.29, 1.82) is 0 Å². The number of hydrogen-bond acceptors (Lipinski definition) is 5. The van der Waals surface area contributed by atoms with Gasteiger partial charge in [0.05, 0.1) is 5.56 Å². The molecule has 0 spiro atoms. The summed E-state index contributed by atoms with van der Waals surface area (Å²) in [6, 6.07) is 4.19. The van der Waals surface area contributed by atoms with E-state index in [1.54, 1.807) is 7.05 Å². The maximum Gasteiger partial charge on any atom is 0.277 e. The molecule has 0 unspecified atom stereocenters. The first-order valence-corrected chi connectivity index (χ1v) is 10.6. The molecule has 31 heavy (non-hydrogen) atoms. The standard InChI is InChI=1S/C22H23ClFN3O4/c1-12-7-8-26-18(9-12)25(2)22(31)19-21(30)20(29)15(11-27(19)26)17(28)6-4-13-3-5-14(23)10-16(13)24/h3,5,10-12,18,30H,4,6-9H2,1-2H3/t12-,18-/m0/s1. The molecule has 9 heteroatoms. The predicted octanol–water partition coefficient (Wildman–Crippen LogP) is 2.94. The van der Waals surface area contributed by atoms with Gasteiger partial charge in [-0.3, -0.25) is 24.1 Å². The number of pyridine rings is 1. The molecule has 1 N–H and O–H groups in total. The smallest absolute Gasteiger partial charge is 0.277 e. The molecule has 1 aromatic carbocycles. The first kappa shape index (κ1) is 21.4. The van der Waals surface area contributed by atoms with E-state index in [1.807, 2.05) is 5.01 Å². The largest absolute Gasteiger partial charge is 0.502 e. The van der Waals surface area contributed by atoms with Gasteiger partial charge in [-0.05, 0) is 42.9 Å². The van der Waals surface area contributed by atoms with Gasteiger partial charge in [0.15, 0.2) is 17.2 Å². The number of ketones is 1. The highest BCUT2D eigenvalue weighted by molar-refractivity contribution is 6.30. The molecule has 3 heterocycles. The zero-order chi connectivity index (χ0) is 22.4. The Labute approximate surface area is 183 Å². The van der Waals surface area contributed by atoms with Crippen molar-refractivity contribution in [2.45, 2.75) is 38.8 Å². The quantitative estimate of drug-likeness (QED) is 0.729. The van der Waals surface area contributed by atoms with Gasteiger partial charge in [-0.2, -0.15) is 0 Å². The van der Waals surface area contributed by atoms with Crippen LogP contribution in [0.2, 0.25) is 5.02 Å². The number of fused-ring (bicyclic) bond motifs is 3. The van der Waals surface area contributed by atoms with E-state index < -0.39 is 28.7 Å².